The van der Waals surface area contributed by atoms with Gasteiger partial charge in [-0.25, -0.2) is 0 Å². The van der Waals surface area contributed by atoms with Gasteiger partial charge in [-0.05, 0) is 30.7 Å². The normalized spacial score (nSPS) is 12.2. The van der Waals surface area contributed by atoms with E-state index in [0.717, 1.165) is 21.1 Å². The highest BCUT2D eigenvalue weighted by Gasteiger charge is 2.10. The lowest BCUT2D eigenvalue weighted by Gasteiger charge is -2.13. The summed E-state index contributed by atoms with van der Waals surface area (Å²) in [5.74, 6) is 0.850. The van der Waals surface area contributed by atoms with E-state index in [4.69, 9.17) is 4.74 Å². The van der Waals surface area contributed by atoms with Gasteiger partial charge in [0.15, 0.2) is 0 Å². The lowest BCUT2D eigenvalue weighted by Crippen LogP contribution is -1.93. The molecule has 94 valence electrons. The van der Waals surface area contributed by atoms with Crippen LogP contribution in [0.3, 0.4) is 0 Å². The summed E-state index contributed by atoms with van der Waals surface area (Å²) >= 11 is 1.61. The molecule has 1 atom stereocenters. The smallest absolute Gasteiger partial charge is 0.132 e. The Balaban J connectivity index is 2.34. The third-order valence-corrected chi connectivity index (χ3v) is 3.81. The number of ether oxygens (including phenoxy) is 1. The van der Waals surface area contributed by atoms with E-state index < -0.39 is 6.10 Å². The molecule has 2 nitrogen and oxygen atoms in total. The largest absolute Gasteiger partial charge is 0.496 e. The zero-order valence-corrected chi connectivity index (χ0v) is 11.3. The molecule has 2 aromatic rings. The van der Waals surface area contributed by atoms with Crippen molar-refractivity contribution in [2.24, 2.45) is 0 Å². The second-order valence-corrected chi connectivity index (χ2v) is 5.05. The Morgan fingerprint density at radius 3 is 2.28 bits per heavy atom. The van der Waals surface area contributed by atoms with E-state index in [9.17, 15) is 5.11 Å². The molecule has 0 saturated carbocycles. The summed E-state index contributed by atoms with van der Waals surface area (Å²) in [6.45, 7) is 1.78. The fourth-order valence-electron chi connectivity index (χ4n) is 1.74. The predicted molar refractivity (Wildman–Crippen MR) is 74.2 cm³/mol. The van der Waals surface area contributed by atoms with Gasteiger partial charge in [-0.1, -0.05) is 42.1 Å². The van der Waals surface area contributed by atoms with Gasteiger partial charge in [-0.15, -0.1) is 0 Å². The van der Waals surface area contributed by atoms with Crippen LogP contribution < -0.4 is 4.74 Å². The summed E-state index contributed by atoms with van der Waals surface area (Å²) in [6, 6.07) is 15.8. The second kappa shape index (κ2) is 5.94. The Morgan fingerprint density at radius 2 is 1.61 bits per heavy atom. The lowest BCUT2D eigenvalue weighted by atomic mass is 10.1. The summed E-state index contributed by atoms with van der Waals surface area (Å²) < 4.78 is 5.33. The van der Waals surface area contributed by atoms with Crippen LogP contribution in [0.2, 0.25) is 0 Å². The number of hydrogen-bond acceptors (Lipinski definition) is 3. The first-order valence-corrected chi connectivity index (χ1v) is 6.62. The van der Waals surface area contributed by atoms with Gasteiger partial charge < -0.3 is 9.84 Å². The van der Waals surface area contributed by atoms with Crippen LogP contribution in [0.4, 0.5) is 0 Å². The third kappa shape index (κ3) is 2.86. The standard InChI is InChI=1S/C15H16O2S/c1-11(16)12-7-3-5-9-14(12)18-15-10-6-4-8-13(15)17-2/h3-11,16H,1-2H3. The molecule has 3 heteroatoms. The summed E-state index contributed by atoms with van der Waals surface area (Å²) in [6.07, 6.45) is -0.469. The lowest BCUT2D eigenvalue weighted by molar-refractivity contribution is 0.196. The van der Waals surface area contributed by atoms with E-state index in [1.165, 1.54) is 0 Å². The van der Waals surface area contributed by atoms with E-state index in [1.54, 1.807) is 25.8 Å². The molecule has 0 aliphatic heterocycles. The number of para-hydroxylation sites is 1. The quantitative estimate of drug-likeness (QED) is 0.904. The first-order valence-electron chi connectivity index (χ1n) is 5.80. The molecule has 0 aliphatic rings. The minimum atomic E-state index is -0.469. The van der Waals surface area contributed by atoms with Crippen LogP contribution in [0.1, 0.15) is 18.6 Å². The Bertz CT molecular complexity index is 523. The zero-order valence-electron chi connectivity index (χ0n) is 10.5. The van der Waals surface area contributed by atoms with Gasteiger partial charge >= 0.3 is 0 Å². The molecule has 2 aromatic carbocycles. The van der Waals surface area contributed by atoms with Gasteiger partial charge in [0.2, 0.25) is 0 Å². The van der Waals surface area contributed by atoms with Crippen molar-refractivity contribution in [3.05, 3.63) is 54.1 Å². The summed E-state index contributed by atoms with van der Waals surface area (Å²) in [7, 11) is 1.67. The van der Waals surface area contributed by atoms with Gasteiger partial charge in [0.1, 0.15) is 5.75 Å². The first kappa shape index (κ1) is 13.0. The predicted octanol–water partition coefficient (Wildman–Crippen LogP) is 3.90. The van der Waals surface area contributed by atoms with Crippen molar-refractivity contribution in [2.75, 3.05) is 7.11 Å². The molecule has 0 aliphatic carbocycles. The Hall–Kier alpha value is -1.45. The highest BCUT2D eigenvalue weighted by atomic mass is 32.2. The SMILES string of the molecule is COc1ccccc1Sc1ccccc1C(C)O. The van der Waals surface area contributed by atoms with Crippen molar-refractivity contribution < 1.29 is 9.84 Å². The van der Waals surface area contributed by atoms with E-state index >= 15 is 0 Å². The number of aliphatic hydroxyl groups excluding tert-OH is 1. The monoisotopic (exact) mass is 260 g/mol. The fraction of sp³-hybridized carbons (Fsp3) is 0.200. The highest BCUT2D eigenvalue weighted by molar-refractivity contribution is 7.99. The molecule has 0 spiro atoms. The minimum absolute atomic E-state index is 0.469. The van der Waals surface area contributed by atoms with Crippen molar-refractivity contribution in [1.82, 2.24) is 0 Å². The molecular weight excluding hydrogens is 244 g/mol. The Morgan fingerprint density at radius 1 is 1.00 bits per heavy atom. The average Bonchev–Trinajstić information content (AvgIpc) is 2.40. The molecule has 1 unspecified atom stereocenters. The maximum Gasteiger partial charge on any atom is 0.132 e. The van der Waals surface area contributed by atoms with Crippen LogP contribution in [-0.2, 0) is 0 Å². The van der Waals surface area contributed by atoms with Crippen molar-refractivity contribution in [1.29, 1.82) is 0 Å². The molecule has 1 N–H and O–H groups in total. The van der Waals surface area contributed by atoms with E-state index in [0.29, 0.717) is 0 Å². The summed E-state index contributed by atoms with van der Waals surface area (Å²) in [5.41, 5.74) is 0.938. The number of methoxy groups -OCH3 is 1. The summed E-state index contributed by atoms with van der Waals surface area (Å²) in [4.78, 5) is 2.10. The van der Waals surface area contributed by atoms with E-state index in [2.05, 4.69) is 0 Å². The van der Waals surface area contributed by atoms with Crippen molar-refractivity contribution >= 4 is 11.8 Å². The molecule has 0 amide bonds. The highest BCUT2D eigenvalue weighted by Crippen LogP contribution is 2.37. The van der Waals surface area contributed by atoms with E-state index in [1.807, 2.05) is 48.5 Å². The molecule has 0 saturated heterocycles. The molecule has 2 rings (SSSR count). The van der Waals surface area contributed by atoms with Gasteiger partial charge in [0, 0.05) is 4.90 Å². The Labute approximate surface area is 112 Å². The molecule has 18 heavy (non-hydrogen) atoms. The van der Waals surface area contributed by atoms with Crippen molar-refractivity contribution in [2.45, 2.75) is 22.8 Å². The van der Waals surface area contributed by atoms with Crippen LogP contribution in [0.25, 0.3) is 0 Å². The van der Waals surface area contributed by atoms with Gasteiger partial charge in [0.25, 0.3) is 0 Å². The molecular formula is C15H16O2S. The van der Waals surface area contributed by atoms with Crippen LogP contribution >= 0.6 is 11.8 Å². The average molecular weight is 260 g/mol. The van der Waals surface area contributed by atoms with Crippen LogP contribution in [-0.4, -0.2) is 12.2 Å². The molecule has 0 heterocycles. The number of hydrogen-bond donors (Lipinski definition) is 1. The van der Waals surface area contributed by atoms with Gasteiger partial charge in [-0.2, -0.15) is 0 Å². The van der Waals surface area contributed by atoms with Gasteiger partial charge in [0.05, 0.1) is 18.1 Å². The molecule has 0 aromatic heterocycles. The van der Waals surface area contributed by atoms with E-state index in [-0.39, 0.29) is 0 Å². The zero-order chi connectivity index (χ0) is 13.0. The third-order valence-electron chi connectivity index (χ3n) is 2.66. The maximum atomic E-state index is 9.76. The topological polar surface area (TPSA) is 29.5 Å². The molecule has 0 fully saturated rings. The molecule has 0 bridgehead atoms. The number of rotatable bonds is 4. The minimum Gasteiger partial charge on any atom is -0.496 e. The summed E-state index contributed by atoms with van der Waals surface area (Å²) in [5, 5.41) is 9.76. The maximum absolute atomic E-state index is 9.76. The Kier molecular flexibility index (Phi) is 4.28. The second-order valence-electron chi connectivity index (χ2n) is 3.97. The molecule has 0 radical (unpaired) electrons. The van der Waals surface area contributed by atoms with Crippen LogP contribution in [0.5, 0.6) is 5.75 Å². The van der Waals surface area contributed by atoms with Crippen LogP contribution in [0, 0.1) is 0 Å². The van der Waals surface area contributed by atoms with Gasteiger partial charge in [-0.3, -0.25) is 0 Å². The number of benzene rings is 2. The first-order chi connectivity index (χ1) is 8.72. The van der Waals surface area contributed by atoms with Crippen molar-refractivity contribution in [3.8, 4) is 5.75 Å². The fourth-order valence-corrected chi connectivity index (χ4v) is 2.88. The van der Waals surface area contributed by atoms with Crippen LogP contribution in [0.15, 0.2) is 58.3 Å². The van der Waals surface area contributed by atoms with Crippen molar-refractivity contribution in [3.63, 3.8) is 0 Å². The number of aliphatic hydroxyl groups is 1.